The van der Waals surface area contributed by atoms with Gasteiger partial charge in [0.15, 0.2) is 38.7 Å². The molecule has 1 amide bonds. The maximum absolute atomic E-state index is 14.1. The lowest BCUT2D eigenvalue weighted by atomic mass is 9.95. The number of Topliss-reactive ketones (excluding diaryl/α,β-unsaturated/α-hetero) is 1. The SMILES string of the molecule is CCOc1cc(C2C(C(=O)c3cc4cccc(OC)c4o3)=C(O)C(=O)N2c2nnc(SCc3cccc4ccccc34)s2)ccc1O. The van der Waals surface area contributed by atoms with Crippen LogP contribution in [0.25, 0.3) is 21.7 Å². The number of aromatic nitrogens is 2. The fraction of sp³-hybridized carbons (Fsp3) is 0.143. The summed E-state index contributed by atoms with van der Waals surface area (Å²) in [7, 11) is 1.49. The standard InChI is InChI=1S/C35H27N3O7S2/c1-3-44-26-16-20(14-15-24(26)39)29-28(30(40)27-17-21-10-7-13-25(43-2)32(21)45-27)31(41)33(42)38(29)34-36-37-35(47-34)46-18-22-11-6-9-19-8-4-5-12-23(19)22/h4-17,29,39,41H,3,18H2,1-2H3. The predicted molar refractivity (Wildman–Crippen MR) is 180 cm³/mol. The van der Waals surface area contributed by atoms with E-state index in [1.165, 1.54) is 47.2 Å². The van der Waals surface area contributed by atoms with Crippen molar-refractivity contribution < 1.29 is 33.7 Å². The first-order valence-corrected chi connectivity index (χ1v) is 16.4. The van der Waals surface area contributed by atoms with E-state index in [1.54, 1.807) is 37.3 Å². The fourth-order valence-electron chi connectivity index (χ4n) is 5.68. The number of phenolic OH excluding ortho intramolecular Hbond substituents is 1. The van der Waals surface area contributed by atoms with E-state index in [0.29, 0.717) is 32.4 Å². The molecule has 3 heterocycles. The van der Waals surface area contributed by atoms with Crippen LogP contribution in [0.3, 0.4) is 0 Å². The number of aromatic hydroxyl groups is 1. The Balaban J connectivity index is 1.26. The molecule has 1 atom stereocenters. The topological polar surface area (TPSA) is 135 Å². The monoisotopic (exact) mass is 665 g/mol. The van der Waals surface area contributed by atoms with Crippen LogP contribution in [-0.4, -0.2) is 45.8 Å². The Labute approximate surface area is 276 Å². The van der Waals surface area contributed by atoms with Gasteiger partial charge in [0.25, 0.3) is 5.91 Å². The number of furan rings is 1. The zero-order chi connectivity index (χ0) is 32.7. The van der Waals surface area contributed by atoms with Crippen LogP contribution in [0.4, 0.5) is 5.13 Å². The summed E-state index contributed by atoms with van der Waals surface area (Å²) in [6, 6.07) is 24.4. The maximum atomic E-state index is 14.1. The van der Waals surface area contributed by atoms with Crippen LogP contribution in [0, 0.1) is 0 Å². The minimum Gasteiger partial charge on any atom is -0.504 e. The molecular formula is C35H27N3O7S2. The molecule has 6 aromatic rings. The van der Waals surface area contributed by atoms with Gasteiger partial charge in [-0.25, -0.2) is 0 Å². The molecule has 2 aromatic heterocycles. The highest BCUT2D eigenvalue weighted by atomic mass is 32.2. The van der Waals surface area contributed by atoms with Crippen molar-refractivity contribution in [1.29, 1.82) is 0 Å². The number of hydrogen-bond donors (Lipinski definition) is 2. The number of amides is 1. The molecule has 0 radical (unpaired) electrons. The molecule has 7 rings (SSSR count). The molecule has 4 aromatic carbocycles. The normalized spacial score (nSPS) is 14.8. The first kappa shape index (κ1) is 30.3. The summed E-state index contributed by atoms with van der Waals surface area (Å²) in [6.45, 7) is 2.04. The highest BCUT2D eigenvalue weighted by Gasteiger charge is 2.47. The summed E-state index contributed by atoms with van der Waals surface area (Å²) >= 11 is 2.64. The minimum atomic E-state index is -1.13. The van der Waals surface area contributed by atoms with Crippen LogP contribution in [0.15, 0.2) is 105 Å². The number of hydrogen-bond acceptors (Lipinski definition) is 11. The van der Waals surface area contributed by atoms with Crippen molar-refractivity contribution in [3.05, 3.63) is 113 Å². The van der Waals surface area contributed by atoms with Gasteiger partial charge < -0.3 is 24.1 Å². The van der Waals surface area contributed by atoms with E-state index in [1.807, 2.05) is 18.2 Å². The molecule has 0 bridgehead atoms. The number of phenols is 1. The second-order valence-corrected chi connectivity index (χ2v) is 12.8. The average molecular weight is 666 g/mol. The maximum Gasteiger partial charge on any atom is 0.296 e. The van der Waals surface area contributed by atoms with Crippen LogP contribution in [-0.2, 0) is 10.5 Å². The van der Waals surface area contributed by atoms with Crippen molar-refractivity contribution in [3.8, 4) is 17.2 Å². The molecule has 0 fully saturated rings. The Morgan fingerprint density at radius 2 is 1.77 bits per heavy atom. The summed E-state index contributed by atoms with van der Waals surface area (Å²) in [4.78, 5) is 29.2. The van der Waals surface area contributed by atoms with Gasteiger partial charge in [0.2, 0.25) is 10.9 Å². The van der Waals surface area contributed by atoms with Gasteiger partial charge in [0.1, 0.15) is 0 Å². The van der Waals surface area contributed by atoms with Crippen molar-refractivity contribution in [1.82, 2.24) is 10.2 Å². The number of methoxy groups -OCH3 is 1. The molecule has 0 aliphatic carbocycles. The smallest absolute Gasteiger partial charge is 0.296 e. The molecule has 2 N–H and O–H groups in total. The number of fused-ring (bicyclic) bond motifs is 2. The van der Waals surface area contributed by atoms with Gasteiger partial charge in [-0.3, -0.25) is 14.5 Å². The average Bonchev–Trinajstić information content (AvgIpc) is 3.81. The molecular weight excluding hydrogens is 639 g/mol. The van der Waals surface area contributed by atoms with Crippen LogP contribution in [0.1, 0.15) is 34.6 Å². The van der Waals surface area contributed by atoms with Crippen LogP contribution >= 0.6 is 23.1 Å². The second kappa shape index (κ2) is 12.5. The van der Waals surface area contributed by atoms with E-state index in [-0.39, 0.29) is 34.6 Å². The Morgan fingerprint density at radius 1 is 0.979 bits per heavy atom. The quantitative estimate of drug-likeness (QED) is 0.0854. The number of ether oxygens (including phenoxy) is 2. The summed E-state index contributed by atoms with van der Waals surface area (Å²) < 4.78 is 17.5. The van der Waals surface area contributed by atoms with Gasteiger partial charge in [0, 0.05) is 11.1 Å². The molecule has 47 heavy (non-hydrogen) atoms. The number of aliphatic hydroxyl groups is 1. The predicted octanol–water partition coefficient (Wildman–Crippen LogP) is 7.63. The van der Waals surface area contributed by atoms with Crippen LogP contribution in [0.5, 0.6) is 17.2 Å². The van der Waals surface area contributed by atoms with Gasteiger partial charge in [-0.05, 0) is 53.1 Å². The molecule has 1 unspecified atom stereocenters. The van der Waals surface area contributed by atoms with Gasteiger partial charge in [0.05, 0.1) is 25.3 Å². The molecule has 0 saturated carbocycles. The van der Waals surface area contributed by atoms with Gasteiger partial charge in [-0.2, -0.15) is 0 Å². The molecule has 10 nitrogen and oxygen atoms in total. The highest BCUT2D eigenvalue weighted by Crippen LogP contribution is 2.46. The number of para-hydroxylation sites is 1. The number of ketones is 1. The van der Waals surface area contributed by atoms with Gasteiger partial charge in [-0.15, -0.1) is 10.2 Å². The van der Waals surface area contributed by atoms with Crippen molar-refractivity contribution in [2.45, 2.75) is 23.1 Å². The summed E-state index contributed by atoms with van der Waals surface area (Å²) in [5, 5.41) is 33.4. The summed E-state index contributed by atoms with van der Waals surface area (Å²) in [5.41, 5.74) is 1.68. The van der Waals surface area contributed by atoms with Crippen molar-refractivity contribution in [3.63, 3.8) is 0 Å². The highest BCUT2D eigenvalue weighted by molar-refractivity contribution is 8.00. The summed E-state index contributed by atoms with van der Waals surface area (Å²) in [5.74, 6) is -1.24. The first-order chi connectivity index (χ1) is 22.9. The molecule has 12 heteroatoms. The first-order valence-electron chi connectivity index (χ1n) is 14.6. The van der Waals surface area contributed by atoms with Crippen molar-refractivity contribution in [2.24, 2.45) is 0 Å². The third-order valence-electron chi connectivity index (χ3n) is 7.84. The van der Waals surface area contributed by atoms with E-state index in [4.69, 9.17) is 13.9 Å². The number of rotatable bonds is 10. The molecule has 1 aliphatic heterocycles. The zero-order valence-electron chi connectivity index (χ0n) is 25.2. The lowest BCUT2D eigenvalue weighted by molar-refractivity contribution is -0.117. The van der Waals surface area contributed by atoms with Crippen LogP contribution < -0.4 is 14.4 Å². The molecule has 236 valence electrons. The molecule has 0 spiro atoms. The Bertz CT molecular complexity index is 2200. The number of carbonyl (C=O) groups excluding carboxylic acids is 2. The molecule has 0 saturated heterocycles. The van der Waals surface area contributed by atoms with Crippen molar-refractivity contribution in [2.75, 3.05) is 18.6 Å². The Kier molecular flexibility index (Phi) is 8.04. The minimum absolute atomic E-state index is 0.0851. The number of carbonyl (C=O) groups is 2. The van der Waals surface area contributed by atoms with E-state index in [2.05, 4.69) is 34.5 Å². The number of nitrogens with zero attached hydrogens (tertiary/aromatic N) is 3. The number of anilines is 1. The van der Waals surface area contributed by atoms with Crippen molar-refractivity contribution >= 4 is 61.7 Å². The lowest BCUT2D eigenvalue weighted by Gasteiger charge is -2.24. The van der Waals surface area contributed by atoms with E-state index >= 15 is 0 Å². The largest absolute Gasteiger partial charge is 0.504 e. The van der Waals surface area contributed by atoms with E-state index < -0.39 is 23.5 Å². The Hall–Kier alpha value is -5.33. The number of thioether (sulfide) groups is 1. The second-order valence-electron chi connectivity index (χ2n) is 10.6. The molecule has 1 aliphatic rings. The van der Waals surface area contributed by atoms with E-state index in [0.717, 1.165) is 16.3 Å². The van der Waals surface area contributed by atoms with Gasteiger partial charge >= 0.3 is 0 Å². The summed E-state index contributed by atoms with van der Waals surface area (Å²) in [6.07, 6.45) is 0. The zero-order valence-corrected chi connectivity index (χ0v) is 26.8. The third-order valence-corrected chi connectivity index (χ3v) is 9.94. The lowest BCUT2D eigenvalue weighted by Crippen LogP contribution is -2.31. The Morgan fingerprint density at radius 3 is 2.60 bits per heavy atom. The van der Waals surface area contributed by atoms with E-state index in [9.17, 15) is 19.8 Å². The third kappa shape index (κ3) is 5.45. The fourth-order valence-corrected chi connectivity index (χ4v) is 7.55. The number of aliphatic hydroxyl groups excluding tert-OH is 1. The van der Waals surface area contributed by atoms with Crippen LogP contribution in [0.2, 0.25) is 0 Å². The van der Waals surface area contributed by atoms with Gasteiger partial charge in [-0.1, -0.05) is 83.8 Å². The number of benzene rings is 4.